The molecule has 1 unspecified atom stereocenters. The van der Waals surface area contributed by atoms with Crippen LogP contribution in [0, 0.1) is 11.3 Å². The van der Waals surface area contributed by atoms with E-state index in [1.165, 1.54) is 7.11 Å². The van der Waals surface area contributed by atoms with Crippen LogP contribution in [0.2, 0.25) is 0 Å². The van der Waals surface area contributed by atoms with Gasteiger partial charge in [0.2, 0.25) is 0 Å². The maximum Gasteiger partial charge on any atom is 0.347 e. The van der Waals surface area contributed by atoms with Crippen LogP contribution in [-0.4, -0.2) is 24.8 Å². The van der Waals surface area contributed by atoms with Crippen molar-refractivity contribution in [3.63, 3.8) is 0 Å². The summed E-state index contributed by atoms with van der Waals surface area (Å²) in [5, 5.41) is 8.83. The summed E-state index contributed by atoms with van der Waals surface area (Å²) in [7, 11) is 1.47. The fourth-order valence-electron chi connectivity index (χ4n) is 1.46. The molecule has 0 heterocycles. The molecule has 0 saturated heterocycles. The lowest BCUT2D eigenvalue weighted by molar-refractivity contribution is -0.162. The first-order chi connectivity index (χ1) is 9.26. The Balaban J connectivity index is 2.83. The molecular formula is C15H19NO4. The summed E-state index contributed by atoms with van der Waals surface area (Å²) in [6.45, 7) is 6.98. The van der Waals surface area contributed by atoms with Crippen molar-refractivity contribution in [1.29, 1.82) is 5.26 Å². The molecule has 0 fully saturated rings. The minimum Gasteiger partial charge on any atom is -0.493 e. The molecule has 108 valence electrons. The van der Waals surface area contributed by atoms with Gasteiger partial charge in [0, 0.05) is 6.07 Å². The molecule has 0 bridgehead atoms. The second-order valence-corrected chi connectivity index (χ2v) is 5.27. The lowest BCUT2D eigenvalue weighted by Crippen LogP contribution is -2.33. The minimum atomic E-state index is -0.768. The van der Waals surface area contributed by atoms with Gasteiger partial charge in [0.15, 0.2) is 17.6 Å². The summed E-state index contributed by atoms with van der Waals surface area (Å²) in [5.41, 5.74) is -0.108. The van der Waals surface area contributed by atoms with Crippen molar-refractivity contribution in [3.05, 3.63) is 23.8 Å². The Hall–Kier alpha value is -2.22. The number of nitriles is 1. The van der Waals surface area contributed by atoms with Gasteiger partial charge in [0.1, 0.15) is 5.60 Å². The molecule has 1 atom stereocenters. The molecular weight excluding hydrogens is 258 g/mol. The van der Waals surface area contributed by atoms with Crippen LogP contribution in [0.5, 0.6) is 11.5 Å². The quantitative estimate of drug-likeness (QED) is 0.791. The molecule has 0 saturated carbocycles. The number of esters is 1. The molecule has 0 amide bonds. The number of benzene rings is 1. The first-order valence-electron chi connectivity index (χ1n) is 6.24. The van der Waals surface area contributed by atoms with Crippen LogP contribution in [0.4, 0.5) is 0 Å². The molecule has 0 aliphatic rings. The van der Waals surface area contributed by atoms with Crippen molar-refractivity contribution >= 4 is 5.97 Å². The van der Waals surface area contributed by atoms with Crippen molar-refractivity contribution in [2.24, 2.45) is 0 Å². The lowest BCUT2D eigenvalue weighted by atomic mass is 10.2. The zero-order valence-corrected chi connectivity index (χ0v) is 12.4. The topological polar surface area (TPSA) is 68.5 Å². The SMILES string of the molecule is COc1cc(C#N)ccc1OC(C)C(=O)OC(C)(C)C. The molecule has 1 aromatic rings. The maximum absolute atomic E-state index is 11.8. The standard InChI is InChI=1S/C15H19NO4/c1-10(14(17)20-15(2,3)4)19-12-7-6-11(9-16)8-13(12)18-5/h6-8,10H,1-5H3. The summed E-state index contributed by atoms with van der Waals surface area (Å²) < 4.78 is 15.9. The van der Waals surface area contributed by atoms with E-state index in [1.807, 2.05) is 6.07 Å². The van der Waals surface area contributed by atoms with E-state index in [4.69, 9.17) is 19.5 Å². The lowest BCUT2D eigenvalue weighted by Gasteiger charge is -2.23. The van der Waals surface area contributed by atoms with Crippen LogP contribution >= 0.6 is 0 Å². The van der Waals surface area contributed by atoms with Crippen LogP contribution in [-0.2, 0) is 9.53 Å². The Kier molecular flexibility index (Phi) is 4.98. The largest absolute Gasteiger partial charge is 0.493 e. The predicted molar refractivity (Wildman–Crippen MR) is 73.6 cm³/mol. The predicted octanol–water partition coefficient (Wildman–Crippen LogP) is 2.68. The van der Waals surface area contributed by atoms with E-state index in [1.54, 1.807) is 45.9 Å². The number of rotatable bonds is 4. The number of methoxy groups -OCH3 is 1. The molecule has 5 nitrogen and oxygen atoms in total. The number of carbonyl (C=O) groups is 1. The summed E-state index contributed by atoms with van der Waals surface area (Å²) >= 11 is 0. The monoisotopic (exact) mass is 277 g/mol. The third-order valence-electron chi connectivity index (χ3n) is 2.34. The highest BCUT2D eigenvalue weighted by atomic mass is 16.6. The fraction of sp³-hybridized carbons (Fsp3) is 0.467. The van der Waals surface area contributed by atoms with Gasteiger partial charge in [-0.15, -0.1) is 0 Å². The van der Waals surface area contributed by atoms with Crippen molar-refractivity contribution in [1.82, 2.24) is 0 Å². The Labute approximate surface area is 119 Å². The first kappa shape index (κ1) is 15.8. The molecule has 0 aliphatic heterocycles. The average molecular weight is 277 g/mol. The van der Waals surface area contributed by atoms with Gasteiger partial charge in [-0.25, -0.2) is 4.79 Å². The molecule has 0 aliphatic carbocycles. The van der Waals surface area contributed by atoms with Crippen molar-refractivity contribution in [3.8, 4) is 17.6 Å². The Morgan fingerprint density at radius 3 is 2.45 bits per heavy atom. The van der Waals surface area contributed by atoms with E-state index >= 15 is 0 Å². The van der Waals surface area contributed by atoms with E-state index in [-0.39, 0.29) is 0 Å². The number of carbonyl (C=O) groups excluding carboxylic acids is 1. The first-order valence-corrected chi connectivity index (χ1v) is 6.24. The smallest absolute Gasteiger partial charge is 0.347 e. The normalized spacial score (nSPS) is 12.2. The average Bonchev–Trinajstić information content (AvgIpc) is 2.37. The van der Waals surface area contributed by atoms with Gasteiger partial charge in [-0.05, 0) is 39.8 Å². The number of nitrogens with zero attached hydrogens (tertiary/aromatic N) is 1. The molecule has 5 heteroatoms. The summed E-state index contributed by atoms with van der Waals surface area (Å²) in [6.07, 6.45) is -0.768. The highest BCUT2D eigenvalue weighted by Gasteiger charge is 2.24. The zero-order chi connectivity index (χ0) is 15.3. The molecule has 1 rings (SSSR count). The Morgan fingerprint density at radius 2 is 1.95 bits per heavy atom. The maximum atomic E-state index is 11.8. The molecule has 0 N–H and O–H groups in total. The fourth-order valence-corrected chi connectivity index (χ4v) is 1.46. The third kappa shape index (κ3) is 4.47. The summed E-state index contributed by atoms with van der Waals surface area (Å²) in [6, 6.07) is 6.75. The number of hydrogen-bond acceptors (Lipinski definition) is 5. The molecule has 20 heavy (non-hydrogen) atoms. The minimum absolute atomic E-state index is 0.393. The van der Waals surface area contributed by atoms with E-state index in [0.29, 0.717) is 17.1 Å². The van der Waals surface area contributed by atoms with E-state index in [2.05, 4.69) is 0 Å². The van der Waals surface area contributed by atoms with Gasteiger partial charge in [-0.1, -0.05) is 0 Å². The van der Waals surface area contributed by atoms with Gasteiger partial charge in [0.25, 0.3) is 0 Å². The van der Waals surface area contributed by atoms with Crippen LogP contribution in [0.15, 0.2) is 18.2 Å². The highest BCUT2D eigenvalue weighted by Crippen LogP contribution is 2.29. The van der Waals surface area contributed by atoms with E-state index in [9.17, 15) is 4.79 Å². The third-order valence-corrected chi connectivity index (χ3v) is 2.34. The molecule has 1 aromatic carbocycles. The van der Waals surface area contributed by atoms with Crippen molar-refractivity contribution in [2.75, 3.05) is 7.11 Å². The molecule has 0 aromatic heterocycles. The Morgan fingerprint density at radius 1 is 1.30 bits per heavy atom. The number of ether oxygens (including phenoxy) is 3. The summed E-state index contributed by atoms with van der Waals surface area (Å²) in [5.74, 6) is 0.341. The zero-order valence-electron chi connectivity index (χ0n) is 12.4. The van der Waals surface area contributed by atoms with Crippen LogP contribution in [0.1, 0.15) is 33.3 Å². The van der Waals surface area contributed by atoms with Crippen molar-refractivity contribution < 1.29 is 19.0 Å². The van der Waals surface area contributed by atoms with Gasteiger partial charge in [-0.2, -0.15) is 5.26 Å². The van der Waals surface area contributed by atoms with Crippen LogP contribution in [0.3, 0.4) is 0 Å². The van der Waals surface area contributed by atoms with Crippen LogP contribution < -0.4 is 9.47 Å². The van der Waals surface area contributed by atoms with Gasteiger partial charge in [0.05, 0.1) is 18.7 Å². The van der Waals surface area contributed by atoms with Gasteiger partial charge < -0.3 is 14.2 Å². The van der Waals surface area contributed by atoms with Gasteiger partial charge >= 0.3 is 5.97 Å². The van der Waals surface area contributed by atoms with Gasteiger partial charge in [-0.3, -0.25) is 0 Å². The van der Waals surface area contributed by atoms with E-state index < -0.39 is 17.7 Å². The molecule has 0 spiro atoms. The van der Waals surface area contributed by atoms with E-state index in [0.717, 1.165) is 0 Å². The number of hydrogen-bond donors (Lipinski definition) is 0. The molecule has 0 radical (unpaired) electrons. The highest BCUT2D eigenvalue weighted by molar-refractivity contribution is 5.75. The second kappa shape index (κ2) is 6.29. The van der Waals surface area contributed by atoms with Crippen LogP contribution in [0.25, 0.3) is 0 Å². The second-order valence-electron chi connectivity index (χ2n) is 5.27. The summed E-state index contributed by atoms with van der Waals surface area (Å²) in [4.78, 5) is 11.8. The Bertz CT molecular complexity index is 526. The van der Waals surface area contributed by atoms with Crippen molar-refractivity contribution in [2.45, 2.75) is 39.4 Å².